The number of hydrogen-bond acceptors (Lipinski definition) is 2. The van der Waals surface area contributed by atoms with Gasteiger partial charge in [0.25, 0.3) is 0 Å². The second kappa shape index (κ2) is 6.28. The van der Waals surface area contributed by atoms with Crippen LogP contribution < -0.4 is 4.90 Å². The van der Waals surface area contributed by atoms with Crippen molar-refractivity contribution in [1.82, 2.24) is 0 Å². The Morgan fingerprint density at radius 3 is 2.37 bits per heavy atom. The van der Waals surface area contributed by atoms with Crippen LogP contribution >= 0.6 is 0 Å². The van der Waals surface area contributed by atoms with Gasteiger partial charge in [-0.1, -0.05) is 19.9 Å². The van der Waals surface area contributed by atoms with E-state index in [2.05, 4.69) is 0 Å². The minimum atomic E-state index is -4.32. The molecule has 108 valence electrons. The van der Waals surface area contributed by atoms with E-state index in [9.17, 15) is 18.3 Å². The molecule has 2 nitrogen and oxygen atoms in total. The maximum atomic E-state index is 12.6. The Morgan fingerprint density at radius 2 is 1.89 bits per heavy atom. The van der Waals surface area contributed by atoms with Crippen LogP contribution in [-0.2, 0) is 6.18 Å². The fraction of sp³-hybridized carbons (Fsp3) is 0.571. The molecule has 0 amide bonds. The average Bonchev–Trinajstić information content (AvgIpc) is 2.77. The lowest BCUT2D eigenvalue weighted by molar-refractivity contribution is -0.137. The molecule has 0 saturated carbocycles. The van der Waals surface area contributed by atoms with E-state index >= 15 is 0 Å². The smallest absolute Gasteiger partial charge is 0.391 e. The van der Waals surface area contributed by atoms with E-state index in [4.69, 9.17) is 0 Å². The molecule has 0 radical (unpaired) electrons. The first kappa shape index (κ1) is 15.8. The number of rotatable bonds is 1. The molecule has 0 bridgehead atoms. The molecule has 0 spiro atoms. The van der Waals surface area contributed by atoms with Gasteiger partial charge >= 0.3 is 6.18 Å². The molecule has 1 aliphatic rings. The van der Waals surface area contributed by atoms with Crippen molar-refractivity contribution in [3.05, 3.63) is 29.3 Å². The summed E-state index contributed by atoms with van der Waals surface area (Å²) in [5.74, 6) is 0. The second-order valence-corrected chi connectivity index (χ2v) is 4.39. The molecule has 0 aliphatic carbocycles. The number of hydrogen-bond donors (Lipinski definition) is 1. The van der Waals surface area contributed by atoms with Gasteiger partial charge in [-0.25, -0.2) is 0 Å². The lowest BCUT2D eigenvalue weighted by Crippen LogP contribution is -2.22. The molecule has 0 aromatic heterocycles. The summed E-state index contributed by atoms with van der Waals surface area (Å²) >= 11 is 0. The van der Waals surface area contributed by atoms with Gasteiger partial charge in [-0.15, -0.1) is 0 Å². The van der Waals surface area contributed by atoms with Crippen molar-refractivity contribution in [3.8, 4) is 0 Å². The van der Waals surface area contributed by atoms with E-state index in [1.54, 1.807) is 11.8 Å². The lowest BCUT2D eigenvalue weighted by atomic mass is 10.1. The number of benzene rings is 1. The number of anilines is 1. The number of aliphatic hydroxyl groups is 1. The van der Waals surface area contributed by atoms with Crippen LogP contribution in [-0.4, -0.2) is 24.3 Å². The number of β-amino-alcohol motifs (C(OH)–C–C–N with tert-alkyl or cyclic N) is 1. The van der Waals surface area contributed by atoms with Crippen molar-refractivity contribution < 1.29 is 18.3 Å². The highest BCUT2D eigenvalue weighted by Crippen LogP contribution is 2.34. The summed E-state index contributed by atoms with van der Waals surface area (Å²) in [6.07, 6.45) is -4.15. The van der Waals surface area contributed by atoms with Crippen LogP contribution in [0.5, 0.6) is 0 Å². The highest BCUT2D eigenvalue weighted by molar-refractivity contribution is 5.56. The summed E-state index contributed by atoms with van der Waals surface area (Å²) in [7, 11) is 0. The van der Waals surface area contributed by atoms with Crippen molar-refractivity contribution in [2.45, 2.75) is 39.5 Å². The lowest BCUT2D eigenvalue weighted by Gasteiger charge is -2.21. The summed E-state index contributed by atoms with van der Waals surface area (Å²) in [6, 6.07) is 3.72. The van der Waals surface area contributed by atoms with Crippen molar-refractivity contribution in [2.24, 2.45) is 0 Å². The number of nitrogens with zero attached hydrogens (tertiary/aromatic N) is 1. The highest BCUT2D eigenvalue weighted by Gasteiger charge is 2.32. The summed E-state index contributed by atoms with van der Waals surface area (Å²) < 4.78 is 37.8. The van der Waals surface area contributed by atoms with Crippen molar-refractivity contribution in [1.29, 1.82) is 0 Å². The Morgan fingerprint density at radius 1 is 1.26 bits per heavy atom. The van der Waals surface area contributed by atoms with Crippen molar-refractivity contribution in [3.63, 3.8) is 0 Å². The van der Waals surface area contributed by atoms with Crippen molar-refractivity contribution >= 4 is 5.69 Å². The van der Waals surface area contributed by atoms with Gasteiger partial charge in [0.1, 0.15) is 0 Å². The molecule has 1 saturated heterocycles. The topological polar surface area (TPSA) is 23.5 Å². The first-order chi connectivity index (χ1) is 8.88. The van der Waals surface area contributed by atoms with Gasteiger partial charge < -0.3 is 10.0 Å². The van der Waals surface area contributed by atoms with E-state index in [0.29, 0.717) is 25.2 Å². The van der Waals surface area contributed by atoms with E-state index in [1.165, 1.54) is 6.07 Å². The zero-order valence-corrected chi connectivity index (χ0v) is 11.5. The summed E-state index contributed by atoms with van der Waals surface area (Å²) in [5, 5.41) is 9.42. The SMILES string of the molecule is CC.Cc1ccc(C(F)(F)F)cc1N1CCC(O)C1. The van der Waals surface area contributed by atoms with Gasteiger partial charge in [0.2, 0.25) is 0 Å². The normalized spacial score (nSPS) is 19.1. The zero-order valence-electron chi connectivity index (χ0n) is 11.5. The summed E-state index contributed by atoms with van der Waals surface area (Å²) in [6.45, 7) is 6.78. The predicted molar refractivity (Wildman–Crippen MR) is 70.4 cm³/mol. The third-order valence-electron chi connectivity index (χ3n) is 3.04. The standard InChI is InChI=1S/C12H14F3NO.C2H6/c1-8-2-3-9(12(13,14)15)6-11(8)16-5-4-10(17)7-16;1-2/h2-3,6,10,17H,4-5,7H2,1H3;1-2H3. The molecular weight excluding hydrogens is 255 g/mol. The quantitative estimate of drug-likeness (QED) is 0.846. The fourth-order valence-electron chi connectivity index (χ4n) is 2.09. The zero-order chi connectivity index (χ0) is 14.6. The van der Waals surface area contributed by atoms with E-state index < -0.39 is 17.8 Å². The third-order valence-corrected chi connectivity index (χ3v) is 3.04. The molecule has 1 atom stereocenters. The molecule has 1 aliphatic heterocycles. The number of aliphatic hydroxyl groups excluding tert-OH is 1. The van der Waals surface area contributed by atoms with Gasteiger partial charge in [-0.2, -0.15) is 13.2 Å². The van der Waals surface area contributed by atoms with Crippen LogP contribution in [0.4, 0.5) is 18.9 Å². The molecule has 2 rings (SSSR count). The molecule has 1 aromatic rings. The number of aryl methyl sites for hydroxylation is 1. The van der Waals surface area contributed by atoms with Gasteiger partial charge in [0.05, 0.1) is 11.7 Å². The van der Waals surface area contributed by atoms with Gasteiger partial charge in [0.15, 0.2) is 0 Å². The minimum Gasteiger partial charge on any atom is -0.391 e. The third kappa shape index (κ3) is 3.86. The number of halogens is 3. The van der Waals surface area contributed by atoms with Crippen LogP contribution in [0.25, 0.3) is 0 Å². The molecule has 1 heterocycles. The Bertz CT molecular complexity index is 418. The Kier molecular flexibility index (Phi) is 5.23. The van der Waals surface area contributed by atoms with Crippen LogP contribution in [0.1, 0.15) is 31.4 Å². The van der Waals surface area contributed by atoms with Crippen molar-refractivity contribution in [2.75, 3.05) is 18.0 Å². The Balaban J connectivity index is 0.000000861. The maximum absolute atomic E-state index is 12.6. The minimum absolute atomic E-state index is 0.405. The number of alkyl halides is 3. The second-order valence-electron chi connectivity index (χ2n) is 4.39. The fourth-order valence-corrected chi connectivity index (χ4v) is 2.09. The molecule has 19 heavy (non-hydrogen) atoms. The van der Waals surface area contributed by atoms with Crippen LogP contribution in [0.15, 0.2) is 18.2 Å². The van der Waals surface area contributed by atoms with E-state index in [1.807, 2.05) is 13.8 Å². The Labute approximate surface area is 111 Å². The molecule has 1 unspecified atom stereocenters. The molecule has 1 N–H and O–H groups in total. The van der Waals surface area contributed by atoms with Crippen LogP contribution in [0, 0.1) is 6.92 Å². The average molecular weight is 275 g/mol. The first-order valence-electron chi connectivity index (χ1n) is 6.49. The highest BCUT2D eigenvalue weighted by atomic mass is 19.4. The monoisotopic (exact) mass is 275 g/mol. The molecular formula is C14H20F3NO. The van der Waals surface area contributed by atoms with E-state index in [0.717, 1.165) is 17.7 Å². The van der Waals surface area contributed by atoms with Gasteiger partial charge in [-0.05, 0) is 31.0 Å². The van der Waals surface area contributed by atoms with Gasteiger partial charge in [-0.3, -0.25) is 0 Å². The molecule has 1 fully saturated rings. The maximum Gasteiger partial charge on any atom is 0.416 e. The van der Waals surface area contributed by atoms with E-state index in [-0.39, 0.29) is 0 Å². The summed E-state index contributed by atoms with van der Waals surface area (Å²) in [4.78, 5) is 1.80. The predicted octanol–water partition coefficient (Wildman–Crippen LogP) is 3.61. The Hall–Kier alpha value is -1.23. The summed E-state index contributed by atoms with van der Waals surface area (Å²) in [5.41, 5.74) is 0.725. The van der Waals surface area contributed by atoms with Gasteiger partial charge in [0, 0.05) is 18.8 Å². The molecule has 1 aromatic carbocycles. The van der Waals surface area contributed by atoms with Crippen LogP contribution in [0.3, 0.4) is 0 Å². The van der Waals surface area contributed by atoms with Crippen LogP contribution in [0.2, 0.25) is 0 Å². The first-order valence-corrected chi connectivity index (χ1v) is 6.49. The largest absolute Gasteiger partial charge is 0.416 e. The molecule has 5 heteroatoms.